The number of benzene rings is 1. The van der Waals surface area contributed by atoms with Crippen molar-refractivity contribution < 1.29 is 17.6 Å². The summed E-state index contributed by atoms with van der Waals surface area (Å²) in [6.45, 7) is 8.78. The molecule has 1 aromatic heterocycles. The quantitative estimate of drug-likeness (QED) is 0.761. The molecule has 8 heteroatoms. The lowest BCUT2D eigenvalue weighted by atomic mass is 9.87. The third-order valence-corrected chi connectivity index (χ3v) is 7.35. The summed E-state index contributed by atoms with van der Waals surface area (Å²) in [5.74, 6) is 1.46. The van der Waals surface area contributed by atoms with Crippen molar-refractivity contribution in [1.82, 2.24) is 9.62 Å². The molecule has 2 aliphatic rings. The highest BCUT2D eigenvalue weighted by atomic mass is 32.2. The molecule has 0 spiro atoms. The van der Waals surface area contributed by atoms with Gasteiger partial charge in [0, 0.05) is 30.7 Å². The van der Waals surface area contributed by atoms with Crippen LogP contribution >= 0.6 is 0 Å². The van der Waals surface area contributed by atoms with Gasteiger partial charge in [-0.1, -0.05) is 13.8 Å². The van der Waals surface area contributed by atoms with E-state index in [1.807, 2.05) is 17.9 Å². The van der Waals surface area contributed by atoms with Crippen LogP contribution in [0.3, 0.4) is 0 Å². The molecule has 1 fully saturated rings. The maximum absolute atomic E-state index is 12.8. The molecule has 7 nitrogen and oxygen atoms in total. The number of furan rings is 1. The van der Waals surface area contributed by atoms with Gasteiger partial charge in [0.1, 0.15) is 11.5 Å². The Morgan fingerprint density at radius 1 is 1.17 bits per heavy atom. The third kappa shape index (κ3) is 4.11. The summed E-state index contributed by atoms with van der Waals surface area (Å²) in [6.07, 6.45) is 2.14. The van der Waals surface area contributed by atoms with Crippen LogP contribution in [0.25, 0.3) is 0 Å². The second-order valence-electron chi connectivity index (χ2n) is 8.84. The molecule has 162 valence electrons. The molecule has 0 aliphatic carbocycles. The number of anilines is 1. The smallest absolute Gasteiger partial charge is 0.242 e. The first kappa shape index (κ1) is 20.9. The zero-order valence-corrected chi connectivity index (χ0v) is 18.6. The Labute approximate surface area is 178 Å². The van der Waals surface area contributed by atoms with Gasteiger partial charge in [0.25, 0.3) is 0 Å². The van der Waals surface area contributed by atoms with Gasteiger partial charge < -0.3 is 14.2 Å². The first-order valence-corrected chi connectivity index (χ1v) is 11.9. The van der Waals surface area contributed by atoms with Crippen molar-refractivity contribution in [2.24, 2.45) is 0 Å². The summed E-state index contributed by atoms with van der Waals surface area (Å²) in [5.41, 5.74) is 1.64. The molecule has 0 radical (unpaired) electrons. The van der Waals surface area contributed by atoms with E-state index < -0.39 is 10.0 Å². The lowest BCUT2D eigenvalue weighted by molar-refractivity contribution is -0.128. The number of rotatable bonds is 6. The highest BCUT2D eigenvalue weighted by Gasteiger charge is 2.37. The van der Waals surface area contributed by atoms with Crippen LogP contribution in [0.5, 0.6) is 0 Å². The Bertz CT molecular complexity index is 1050. The lowest BCUT2D eigenvalue weighted by Gasteiger charge is -2.24. The number of likely N-dealkylation sites (tertiary alicyclic amines) is 1. The van der Waals surface area contributed by atoms with Gasteiger partial charge in [-0.25, -0.2) is 13.1 Å². The Morgan fingerprint density at radius 2 is 1.90 bits per heavy atom. The van der Waals surface area contributed by atoms with E-state index in [1.54, 1.807) is 24.3 Å². The fraction of sp³-hybridized carbons (Fsp3) is 0.500. The number of sulfonamides is 1. The van der Waals surface area contributed by atoms with E-state index in [2.05, 4.69) is 23.5 Å². The van der Waals surface area contributed by atoms with Crippen LogP contribution < -0.4 is 9.62 Å². The molecule has 1 N–H and O–H groups in total. The number of amides is 1. The van der Waals surface area contributed by atoms with Gasteiger partial charge >= 0.3 is 0 Å². The van der Waals surface area contributed by atoms with Crippen molar-refractivity contribution in [3.8, 4) is 0 Å². The van der Waals surface area contributed by atoms with Gasteiger partial charge in [-0.15, -0.1) is 0 Å². The lowest BCUT2D eigenvalue weighted by Crippen LogP contribution is -2.40. The highest BCUT2D eigenvalue weighted by molar-refractivity contribution is 7.89. The third-order valence-electron chi connectivity index (χ3n) is 5.95. The molecule has 1 aromatic carbocycles. The summed E-state index contributed by atoms with van der Waals surface area (Å²) in [6, 6.07) is 8.75. The van der Waals surface area contributed by atoms with Gasteiger partial charge in [-0.3, -0.25) is 4.79 Å². The molecule has 3 heterocycles. The molecular formula is C22H29N3O4S. The number of carbonyl (C=O) groups excluding carboxylic acids is 1. The molecular weight excluding hydrogens is 402 g/mol. The normalized spacial score (nSPS) is 18.1. The van der Waals surface area contributed by atoms with Crippen LogP contribution in [-0.2, 0) is 26.8 Å². The second kappa shape index (κ2) is 7.74. The zero-order chi connectivity index (χ0) is 21.5. The SMILES string of the molecule is Cc1ccc(CNS(=O)(=O)c2ccc3c(c2)C(C)(C)CN3CC(=O)N2CCCC2)o1. The molecule has 2 aromatic rings. The van der Waals surface area contributed by atoms with Gasteiger partial charge in [0.15, 0.2) is 0 Å². The largest absolute Gasteiger partial charge is 0.465 e. The Hall–Kier alpha value is -2.32. The zero-order valence-electron chi connectivity index (χ0n) is 17.8. The van der Waals surface area contributed by atoms with E-state index in [-0.39, 0.29) is 22.8 Å². The predicted molar refractivity (Wildman–Crippen MR) is 115 cm³/mol. The maximum Gasteiger partial charge on any atom is 0.242 e. The van der Waals surface area contributed by atoms with Gasteiger partial charge in [-0.05, 0) is 55.7 Å². The molecule has 0 atom stereocenters. The van der Waals surface area contributed by atoms with Crippen LogP contribution in [0, 0.1) is 6.92 Å². The Kier molecular flexibility index (Phi) is 5.40. The first-order valence-electron chi connectivity index (χ1n) is 10.4. The minimum atomic E-state index is -3.68. The van der Waals surface area contributed by atoms with E-state index in [4.69, 9.17) is 4.42 Å². The molecule has 1 saturated heterocycles. The summed E-state index contributed by atoms with van der Waals surface area (Å²) in [4.78, 5) is 16.9. The Balaban J connectivity index is 1.53. The standard InChI is InChI=1S/C22H29N3O4S/c1-16-6-7-17(29-16)13-23-30(27,28)18-8-9-20-19(12-18)22(2,3)15-25(20)14-21(26)24-10-4-5-11-24/h6-9,12,23H,4-5,10-11,13-15H2,1-3H3. The summed E-state index contributed by atoms with van der Waals surface area (Å²) in [7, 11) is -3.68. The molecule has 0 bridgehead atoms. The van der Waals surface area contributed by atoms with Crippen LogP contribution in [0.1, 0.15) is 43.8 Å². The Morgan fingerprint density at radius 3 is 2.57 bits per heavy atom. The van der Waals surface area contributed by atoms with Crippen molar-refractivity contribution in [2.45, 2.75) is 50.5 Å². The summed E-state index contributed by atoms with van der Waals surface area (Å²) >= 11 is 0. The molecule has 0 saturated carbocycles. The van der Waals surface area contributed by atoms with Crippen molar-refractivity contribution in [2.75, 3.05) is 31.1 Å². The van der Waals surface area contributed by atoms with Crippen molar-refractivity contribution in [3.05, 3.63) is 47.4 Å². The molecule has 2 aliphatic heterocycles. The minimum Gasteiger partial charge on any atom is -0.465 e. The van der Waals surface area contributed by atoms with Crippen LogP contribution in [-0.4, -0.2) is 45.4 Å². The number of hydrogen-bond acceptors (Lipinski definition) is 5. The van der Waals surface area contributed by atoms with Crippen LogP contribution in [0.4, 0.5) is 5.69 Å². The van der Waals surface area contributed by atoms with Gasteiger partial charge in [-0.2, -0.15) is 0 Å². The van der Waals surface area contributed by atoms with Gasteiger partial charge in [0.2, 0.25) is 15.9 Å². The number of fused-ring (bicyclic) bond motifs is 1. The monoisotopic (exact) mass is 431 g/mol. The molecule has 30 heavy (non-hydrogen) atoms. The fourth-order valence-corrected chi connectivity index (χ4v) is 5.37. The van der Waals surface area contributed by atoms with Crippen molar-refractivity contribution in [3.63, 3.8) is 0 Å². The molecule has 1 amide bonds. The van der Waals surface area contributed by atoms with Gasteiger partial charge in [0.05, 0.1) is 18.0 Å². The molecule has 0 unspecified atom stereocenters. The number of nitrogens with zero attached hydrogens (tertiary/aromatic N) is 2. The minimum absolute atomic E-state index is 0.104. The van der Waals surface area contributed by atoms with Crippen LogP contribution in [0.15, 0.2) is 39.6 Å². The van der Waals surface area contributed by atoms with E-state index in [1.165, 1.54) is 0 Å². The average molecular weight is 432 g/mol. The highest BCUT2D eigenvalue weighted by Crippen LogP contribution is 2.41. The second-order valence-corrected chi connectivity index (χ2v) is 10.6. The fourth-order valence-electron chi connectivity index (χ4n) is 4.35. The average Bonchev–Trinajstić information content (AvgIpc) is 3.41. The summed E-state index contributed by atoms with van der Waals surface area (Å²) in [5, 5.41) is 0. The van der Waals surface area contributed by atoms with Crippen molar-refractivity contribution >= 4 is 21.6 Å². The maximum atomic E-state index is 12.8. The van der Waals surface area contributed by atoms with E-state index in [0.29, 0.717) is 18.8 Å². The van der Waals surface area contributed by atoms with E-state index in [9.17, 15) is 13.2 Å². The molecule has 4 rings (SSSR count). The van der Waals surface area contributed by atoms with Crippen molar-refractivity contribution in [1.29, 1.82) is 0 Å². The topological polar surface area (TPSA) is 82.9 Å². The summed E-state index contributed by atoms with van der Waals surface area (Å²) < 4.78 is 33.7. The first-order chi connectivity index (χ1) is 14.2. The number of carbonyl (C=O) groups is 1. The number of hydrogen-bond donors (Lipinski definition) is 1. The number of nitrogens with one attached hydrogen (secondary N) is 1. The predicted octanol–water partition coefficient (Wildman–Crippen LogP) is 2.79. The van der Waals surface area contributed by atoms with E-state index in [0.717, 1.165) is 42.9 Å². The van der Waals surface area contributed by atoms with E-state index >= 15 is 0 Å². The number of aryl methyl sites for hydroxylation is 1. The van der Waals surface area contributed by atoms with Crippen LogP contribution in [0.2, 0.25) is 0 Å².